The van der Waals surface area contributed by atoms with Gasteiger partial charge in [0.1, 0.15) is 5.60 Å². The summed E-state index contributed by atoms with van der Waals surface area (Å²) in [4.78, 5) is 2.73. The smallest absolute Gasteiger partial charge is 0.118 e. The van der Waals surface area contributed by atoms with Gasteiger partial charge in [0.2, 0.25) is 0 Å². The van der Waals surface area contributed by atoms with Crippen molar-refractivity contribution in [3.8, 4) is 0 Å². The number of likely N-dealkylation sites (tertiary alicyclic amines) is 1. The second-order valence-corrected chi connectivity index (χ2v) is 8.73. The van der Waals surface area contributed by atoms with Crippen LogP contribution in [0.1, 0.15) is 63.0 Å². The Hall–Kier alpha value is -1.64. The van der Waals surface area contributed by atoms with Gasteiger partial charge in [-0.15, -0.1) is 0 Å². The van der Waals surface area contributed by atoms with Crippen molar-refractivity contribution in [1.29, 1.82) is 0 Å². The number of rotatable bonds is 5. The molecule has 2 aromatic rings. The highest BCUT2D eigenvalue weighted by molar-refractivity contribution is 5.37. The molecule has 1 N–H and O–H groups in total. The Morgan fingerprint density at radius 1 is 0.852 bits per heavy atom. The van der Waals surface area contributed by atoms with Crippen LogP contribution < -0.4 is 0 Å². The van der Waals surface area contributed by atoms with E-state index >= 15 is 0 Å². The van der Waals surface area contributed by atoms with E-state index < -0.39 is 5.60 Å². The van der Waals surface area contributed by atoms with E-state index in [1.54, 1.807) is 0 Å². The zero-order chi connectivity index (χ0) is 18.7. The number of nitrogens with zero attached hydrogens (tertiary/aromatic N) is 1. The van der Waals surface area contributed by atoms with Gasteiger partial charge in [0, 0.05) is 18.0 Å². The van der Waals surface area contributed by atoms with E-state index in [1.807, 2.05) is 36.4 Å². The maximum absolute atomic E-state index is 12.0. The van der Waals surface area contributed by atoms with Crippen LogP contribution >= 0.6 is 0 Å². The summed E-state index contributed by atoms with van der Waals surface area (Å²) in [7, 11) is 0. The van der Waals surface area contributed by atoms with Gasteiger partial charge in [0.25, 0.3) is 0 Å². The molecule has 4 rings (SSSR count). The van der Waals surface area contributed by atoms with E-state index in [4.69, 9.17) is 0 Å². The largest absolute Gasteiger partial charge is 0.380 e. The zero-order valence-corrected chi connectivity index (χ0v) is 16.6. The monoisotopic (exact) mass is 363 g/mol. The molecule has 2 aromatic carbocycles. The number of hydrogen-bond acceptors (Lipinski definition) is 2. The van der Waals surface area contributed by atoms with Gasteiger partial charge in [-0.3, -0.25) is 4.90 Å². The first-order valence-corrected chi connectivity index (χ1v) is 10.7. The summed E-state index contributed by atoms with van der Waals surface area (Å²) in [5, 5.41) is 12.0. The van der Waals surface area contributed by atoms with E-state index in [2.05, 4.69) is 36.1 Å². The van der Waals surface area contributed by atoms with Gasteiger partial charge in [-0.1, -0.05) is 86.8 Å². The Labute approximate surface area is 164 Å². The van der Waals surface area contributed by atoms with Crippen molar-refractivity contribution in [2.24, 2.45) is 5.92 Å². The molecule has 144 valence electrons. The average molecular weight is 364 g/mol. The van der Waals surface area contributed by atoms with Gasteiger partial charge in [-0.25, -0.2) is 0 Å². The van der Waals surface area contributed by atoms with Crippen LogP contribution in [0, 0.1) is 5.92 Å². The normalized spacial score (nSPS) is 21.4. The molecule has 1 saturated heterocycles. The fourth-order valence-electron chi connectivity index (χ4n) is 5.64. The van der Waals surface area contributed by atoms with Crippen molar-refractivity contribution in [3.05, 3.63) is 71.8 Å². The lowest BCUT2D eigenvalue weighted by Crippen LogP contribution is -2.50. The van der Waals surface area contributed by atoms with E-state index in [-0.39, 0.29) is 5.92 Å². The van der Waals surface area contributed by atoms with Gasteiger partial charge < -0.3 is 5.11 Å². The quantitative estimate of drug-likeness (QED) is 0.773. The lowest BCUT2D eigenvalue weighted by atomic mass is 9.75. The summed E-state index contributed by atoms with van der Waals surface area (Å²) >= 11 is 0. The Bertz CT molecular complexity index is 681. The molecular formula is C25H33NO. The molecule has 1 aliphatic heterocycles. The van der Waals surface area contributed by atoms with E-state index in [1.165, 1.54) is 51.5 Å². The van der Waals surface area contributed by atoms with Crippen LogP contribution in [0.2, 0.25) is 0 Å². The maximum atomic E-state index is 12.0. The van der Waals surface area contributed by atoms with Crippen LogP contribution in [0.15, 0.2) is 60.7 Å². The van der Waals surface area contributed by atoms with Crippen molar-refractivity contribution in [1.82, 2.24) is 4.90 Å². The minimum atomic E-state index is -0.957. The third-order valence-corrected chi connectivity index (χ3v) is 7.16. The Morgan fingerprint density at radius 2 is 1.37 bits per heavy atom. The SMILES string of the molecule is CC(CN1CCCC12CCCCC2)C(O)(c1ccccc1)c1ccccc1. The summed E-state index contributed by atoms with van der Waals surface area (Å²) < 4.78 is 0. The Morgan fingerprint density at radius 3 is 1.93 bits per heavy atom. The molecular weight excluding hydrogens is 330 g/mol. The first-order chi connectivity index (χ1) is 13.2. The maximum Gasteiger partial charge on any atom is 0.118 e. The molecule has 2 fully saturated rings. The van der Waals surface area contributed by atoms with Gasteiger partial charge in [0.05, 0.1) is 0 Å². The summed E-state index contributed by atoms with van der Waals surface area (Å²) in [5.74, 6) is 0.124. The van der Waals surface area contributed by atoms with Crippen LogP contribution in [-0.4, -0.2) is 28.6 Å². The lowest BCUT2D eigenvalue weighted by molar-refractivity contribution is -0.0126. The minimum absolute atomic E-state index is 0.124. The van der Waals surface area contributed by atoms with Gasteiger partial charge >= 0.3 is 0 Å². The molecule has 1 saturated carbocycles. The number of benzene rings is 2. The second kappa shape index (κ2) is 7.77. The molecule has 0 aromatic heterocycles. The average Bonchev–Trinajstić information content (AvgIpc) is 3.10. The fraction of sp³-hybridized carbons (Fsp3) is 0.520. The van der Waals surface area contributed by atoms with Crippen molar-refractivity contribution >= 4 is 0 Å². The molecule has 1 heterocycles. The molecule has 2 heteroatoms. The summed E-state index contributed by atoms with van der Waals surface area (Å²) in [5.41, 5.74) is 1.45. The van der Waals surface area contributed by atoms with Crippen molar-refractivity contribution in [2.45, 2.75) is 63.0 Å². The number of hydrogen-bond donors (Lipinski definition) is 1. The second-order valence-electron chi connectivity index (χ2n) is 8.73. The van der Waals surface area contributed by atoms with Gasteiger partial charge in [-0.05, 0) is 43.4 Å². The predicted molar refractivity (Wildman–Crippen MR) is 112 cm³/mol. The highest BCUT2D eigenvalue weighted by Crippen LogP contribution is 2.44. The first kappa shape index (κ1) is 18.7. The first-order valence-electron chi connectivity index (χ1n) is 10.7. The van der Waals surface area contributed by atoms with Crippen LogP contribution in [0.4, 0.5) is 0 Å². The van der Waals surface area contributed by atoms with Crippen LogP contribution in [-0.2, 0) is 5.60 Å². The molecule has 0 amide bonds. The summed E-state index contributed by atoms with van der Waals surface area (Å²) in [6.07, 6.45) is 9.46. The molecule has 2 nitrogen and oxygen atoms in total. The van der Waals surface area contributed by atoms with E-state index in [0.29, 0.717) is 5.54 Å². The predicted octanol–water partition coefficient (Wildman–Crippen LogP) is 5.36. The summed E-state index contributed by atoms with van der Waals surface area (Å²) in [6.45, 7) is 4.37. The topological polar surface area (TPSA) is 23.5 Å². The Balaban J connectivity index is 1.64. The van der Waals surface area contributed by atoms with Gasteiger partial charge in [0.15, 0.2) is 0 Å². The minimum Gasteiger partial charge on any atom is -0.380 e. The molecule has 0 radical (unpaired) electrons. The van der Waals surface area contributed by atoms with Crippen molar-refractivity contribution in [2.75, 3.05) is 13.1 Å². The van der Waals surface area contributed by atoms with E-state index in [0.717, 1.165) is 17.7 Å². The molecule has 27 heavy (non-hydrogen) atoms. The fourth-order valence-corrected chi connectivity index (χ4v) is 5.64. The molecule has 1 unspecified atom stereocenters. The molecule has 1 spiro atoms. The molecule has 2 aliphatic rings. The third kappa shape index (κ3) is 3.46. The highest BCUT2D eigenvalue weighted by atomic mass is 16.3. The lowest BCUT2D eigenvalue weighted by Gasteiger charge is -2.45. The number of aliphatic hydroxyl groups is 1. The zero-order valence-electron chi connectivity index (χ0n) is 16.6. The molecule has 1 atom stereocenters. The highest BCUT2D eigenvalue weighted by Gasteiger charge is 2.45. The van der Waals surface area contributed by atoms with Crippen LogP contribution in [0.5, 0.6) is 0 Å². The Kier molecular flexibility index (Phi) is 5.39. The van der Waals surface area contributed by atoms with Gasteiger partial charge in [-0.2, -0.15) is 0 Å². The van der Waals surface area contributed by atoms with E-state index in [9.17, 15) is 5.11 Å². The molecule has 0 bridgehead atoms. The molecule has 1 aliphatic carbocycles. The summed E-state index contributed by atoms with van der Waals surface area (Å²) in [6, 6.07) is 20.5. The van der Waals surface area contributed by atoms with Crippen LogP contribution in [0.3, 0.4) is 0 Å². The van der Waals surface area contributed by atoms with Crippen molar-refractivity contribution < 1.29 is 5.11 Å². The third-order valence-electron chi connectivity index (χ3n) is 7.16. The van der Waals surface area contributed by atoms with Crippen LogP contribution in [0.25, 0.3) is 0 Å². The van der Waals surface area contributed by atoms with Crippen molar-refractivity contribution in [3.63, 3.8) is 0 Å². The standard InChI is InChI=1S/C25H33NO/c1-21(20-26-19-11-18-24(26)16-9-4-10-17-24)25(27,22-12-5-2-6-13-22)23-14-7-3-8-15-23/h2-3,5-8,12-15,21,27H,4,9-11,16-20H2,1H3.